The molecule has 0 aliphatic carbocycles. The van der Waals surface area contributed by atoms with Crippen LogP contribution in [0.15, 0.2) is 53.4 Å². The molecule has 27 heavy (non-hydrogen) atoms. The summed E-state index contributed by atoms with van der Waals surface area (Å²) < 4.78 is 26.8. The molecule has 1 amide bonds. The zero-order valence-electron chi connectivity index (χ0n) is 15.4. The van der Waals surface area contributed by atoms with Gasteiger partial charge in [-0.15, -0.1) is 0 Å². The van der Waals surface area contributed by atoms with Gasteiger partial charge in [0.05, 0.1) is 11.4 Å². The summed E-state index contributed by atoms with van der Waals surface area (Å²) in [4.78, 5) is 12.5. The van der Waals surface area contributed by atoms with Crippen molar-refractivity contribution in [3.05, 3.63) is 54.1 Å². The number of hydrogen-bond acceptors (Lipinski definition) is 4. The molecule has 1 heterocycles. The number of hydrogen-bond donors (Lipinski definition) is 2. The van der Waals surface area contributed by atoms with E-state index in [1.165, 1.54) is 10.4 Å². The minimum Gasteiger partial charge on any atom is -0.376 e. The lowest BCUT2D eigenvalue weighted by Crippen LogP contribution is -2.28. The van der Waals surface area contributed by atoms with E-state index >= 15 is 0 Å². The van der Waals surface area contributed by atoms with Crippen LogP contribution in [0.25, 0.3) is 0 Å². The number of benzene rings is 2. The van der Waals surface area contributed by atoms with Crippen LogP contribution >= 0.6 is 0 Å². The molecule has 1 saturated heterocycles. The maximum Gasteiger partial charge on any atom is 0.243 e. The first kappa shape index (κ1) is 19.4. The van der Waals surface area contributed by atoms with Gasteiger partial charge in [0.2, 0.25) is 15.9 Å². The number of nitrogens with zero attached hydrogens (tertiary/aromatic N) is 1. The number of anilines is 2. The van der Waals surface area contributed by atoms with Crippen molar-refractivity contribution < 1.29 is 13.2 Å². The number of carbonyl (C=O) groups excluding carboxylic acids is 1. The first-order valence-corrected chi connectivity index (χ1v) is 10.7. The number of amides is 1. The second-order valence-corrected chi connectivity index (χ2v) is 8.49. The molecule has 2 aromatic rings. The molecule has 7 heteroatoms. The van der Waals surface area contributed by atoms with E-state index in [9.17, 15) is 13.2 Å². The second-order valence-electron chi connectivity index (χ2n) is 6.55. The van der Waals surface area contributed by atoms with Gasteiger partial charge < -0.3 is 10.6 Å². The van der Waals surface area contributed by atoms with Crippen LogP contribution in [0.1, 0.15) is 25.3 Å². The van der Waals surface area contributed by atoms with E-state index < -0.39 is 10.0 Å². The number of carbonyl (C=O) groups is 1. The minimum absolute atomic E-state index is 0.111. The Morgan fingerprint density at radius 3 is 2.56 bits per heavy atom. The minimum atomic E-state index is -3.49. The molecule has 0 unspecified atom stereocenters. The molecule has 2 N–H and O–H groups in total. The Kier molecular flexibility index (Phi) is 6.13. The van der Waals surface area contributed by atoms with Crippen LogP contribution < -0.4 is 10.6 Å². The van der Waals surface area contributed by atoms with Crippen LogP contribution in [-0.2, 0) is 21.2 Å². The van der Waals surface area contributed by atoms with Gasteiger partial charge in [0.15, 0.2) is 0 Å². The van der Waals surface area contributed by atoms with Crippen LogP contribution in [-0.4, -0.2) is 38.3 Å². The third-order valence-electron chi connectivity index (χ3n) is 4.66. The topological polar surface area (TPSA) is 78.5 Å². The Morgan fingerprint density at radius 1 is 1.07 bits per heavy atom. The van der Waals surface area contributed by atoms with E-state index in [-0.39, 0.29) is 17.3 Å². The molecule has 1 aliphatic heterocycles. The van der Waals surface area contributed by atoms with Crippen molar-refractivity contribution in [2.75, 3.05) is 30.3 Å². The van der Waals surface area contributed by atoms with Crippen molar-refractivity contribution in [1.82, 2.24) is 4.31 Å². The number of para-hydroxylation sites is 1. The quantitative estimate of drug-likeness (QED) is 0.765. The van der Waals surface area contributed by atoms with Crippen molar-refractivity contribution in [2.24, 2.45) is 0 Å². The lowest BCUT2D eigenvalue weighted by atomic mass is 10.1. The van der Waals surface area contributed by atoms with Gasteiger partial charge in [-0.25, -0.2) is 8.42 Å². The van der Waals surface area contributed by atoms with Crippen LogP contribution in [0.5, 0.6) is 0 Å². The van der Waals surface area contributed by atoms with Gasteiger partial charge >= 0.3 is 0 Å². The molecular formula is C20H25N3O3S. The molecule has 3 rings (SSSR count). The van der Waals surface area contributed by atoms with E-state index in [1.807, 2.05) is 24.3 Å². The van der Waals surface area contributed by atoms with Gasteiger partial charge in [-0.3, -0.25) is 4.79 Å². The molecule has 0 spiro atoms. The number of rotatable bonds is 7. The zero-order valence-corrected chi connectivity index (χ0v) is 16.3. The summed E-state index contributed by atoms with van der Waals surface area (Å²) >= 11 is 0. The average molecular weight is 388 g/mol. The lowest BCUT2D eigenvalue weighted by Gasteiger charge is -2.16. The summed E-state index contributed by atoms with van der Waals surface area (Å²) in [5, 5.41) is 5.90. The van der Waals surface area contributed by atoms with Gasteiger partial charge in [0.25, 0.3) is 0 Å². The Balaban J connectivity index is 1.64. The average Bonchev–Trinajstić information content (AvgIpc) is 3.22. The standard InChI is InChI=1S/C20H25N3O3S/c1-2-16-8-3-4-11-19(16)21-15-20(24)22-17-9-7-10-18(14-17)27(25,26)23-12-5-6-13-23/h3-4,7-11,14,21H,2,5-6,12-13,15H2,1H3,(H,22,24). The Labute approximate surface area is 160 Å². The SMILES string of the molecule is CCc1ccccc1NCC(=O)Nc1cccc(S(=O)(=O)N2CCCC2)c1. The van der Waals surface area contributed by atoms with Crippen LogP contribution in [0.3, 0.4) is 0 Å². The first-order valence-electron chi connectivity index (χ1n) is 9.22. The molecular weight excluding hydrogens is 362 g/mol. The highest BCUT2D eigenvalue weighted by Crippen LogP contribution is 2.23. The zero-order chi connectivity index (χ0) is 19.3. The van der Waals surface area contributed by atoms with Crippen LogP contribution in [0.2, 0.25) is 0 Å². The van der Waals surface area contributed by atoms with E-state index in [4.69, 9.17) is 0 Å². The summed E-state index contributed by atoms with van der Waals surface area (Å²) in [5.74, 6) is -0.225. The van der Waals surface area contributed by atoms with Crippen molar-refractivity contribution in [3.8, 4) is 0 Å². The van der Waals surface area contributed by atoms with E-state index in [0.29, 0.717) is 18.8 Å². The highest BCUT2D eigenvalue weighted by Gasteiger charge is 2.27. The van der Waals surface area contributed by atoms with Crippen LogP contribution in [0.4, 0.5) is 11.4 Å². The second kappa shape index (κ2) is 8.54. The Hall–Kier alpha value is -2.38. The van der Waals surface area contributed by atoms with Crippen molar-refractivity contribution >= 4 is 27.3 Å². The number of aryl methyl sites for hydroxylation is 1. The molecule has 6 nitrogen and oxygen atoms in total. The maximum atomic E-state index is 12.7. The third-order valence-corrected chi connectivity index (χ3v) is 6.55. The fourth-order valence-corrected chi connectivity index (χ4v) is 4.76. The highest BCUT2D eigenvalue weighted by molar-refractivity contribution is 7.89. The number of nitrogens with one attached hydrogen (secondary N) is 2. The monoisotopic (exact) mass is 387 g/mol. The van der Waals surface area contributed by atoms with Crippen LogP contribution in [0, 0.1) is 0 Å². The Morgan fingerprint density at radius 2 is 1.81 bits per heavy atom. The smallest absolute Gasteiger partial charge is 0.243 e. The van der Waals surface area contributed by atoms with Crippen molar-refractivity contribution in [3.63, 3.8) is 0 Å². The summed E-state index contributed by atoms with van der Waals surface area (Å²) in [6.07, 6.45) is 2.66. The highest BCUT2D eigenvalue weighted by atomic mass is 32.2. The van der Waals surface area contributed by atoms with Gasteiger partial charge in [-0.05, 0) is 49.1 Å². The molecule has 0 aromatic heterocycles. The summed E-state index contributed by atoms with van der Waals surface area (Å²) in [5.41, 5.74) is 2.55. The maximum absolute atomic E-state index is 12.7. The summed E-state index contributed by atoms with van der Waals surface area (Å²) in [6.45, 7) is 3.28. The number of sulfonamides is 1. The van der Waals surface area contributed by atoms with Gasteiger partial charge in [-0.2, -0.15) is 4.31 Å². The lowest BCUT2D eigenvalue weighted by molar-refractivity contribution is -0.114. The van der Waals surface area contributed by atoms with Crippen molar-refractivity contribution in [1.29, 1.82) is 0 Å². The summed E-state index contributed by atoms with van der Waals surface area (Å²) in [7, 11) is -3.49. The Bertz CT molecular complexity index is 906. The van der Waals surface area contributed by atoms with E-state index in [2.05, 4.69) is 17.6 Å². The first-order chi connectivity index (χ1) is 13.0. The van der Waals surface area contributed by atoms with E-state index in [1.54, 1.807) is 18.2 Å². The molecule has 2 aromatic carbocycles. The normalized spacial score (nSPS) is 14.9. The van der Waals surface area contributed by atoms with Gasteiger partial charge in [0, 0.05) is 24.5 Å². The molecule has 0 atom stereocenters. The fourth-order valence-electron chi connectivity index (χ4n) is 3.19. The molecule has 1 aliphatic rings. The van der Waals surface area contributed by atoms with E-state index in [0.717, 1.165) is 30.5 Å². The predicted octanol–water partition coefficient (Wildman–Crippen LogP) is 3.08. The van der Waals surface area contributed by atoms with Gasteiger partial charge in [0.1, 0.15) is 0 Å². The van der Waals surface area contributed by atoms with Gasteiger partial charge in [-0.1, -0.05) is 31.2 Å². The summed E-state index contributed by atoms with van der Waals surface area (Å²) in [6, 6.07) is 14.3. The molecule has 0 bridgehead atoms. The van der Waals surface area contributed by atoms with Crippen molar-refractivity contribution in [2.45, 2.75) is 31.1 Å². The predicted molar refractivity (Wildman–Crippen MR) is 107 cm³/mol. The molecule has 0 radical (unpaired) electrons. The fraction of sp³-hybridized carbons (Fsp3) is 0.350. The molecule has 144 valence electrons. The third kappa shape index (κ3) is 4.67. The molecule has 1 fully saturated rings. The molecule has 0 saturated carbocycles. The largest absolute Gasteiger partial charge is 0.376 e.